The predicted molar refractivity (Wildman–Crippen MR) is 68.8 cm³/mol. The van der Waals surface area contributed by atoms with Crippen LogP contribution >= 0.6 is 11.8 Å². The van der Waals surface area contributed by atoms with Crippen LogP contribution < -0.4 is 5.32 Å². The van der Waals surface area contributed by atoms with E-state index >= 15 is 0 Å². The van der Waals surface area contributed by atoms with Crippen molar-refractivity contribution in [1.29, 1.82) is 0 Å². The third kappa shape index (κ3) is 1.99. The van der Waals surface area contributed by atoms with Crippen LogP contribution in [0.25, 0.3) is 0 Å². The van der Waals surface area contributed by atoms with E-state index < -0.39 is 0 Å². The third-order valence-electron chi connectivity index (χ3n) is 4.38. The molecule has 0 aromatic heterocycles. The summed E-state index contributed by atoms with van der Waals surface area (Å²) in [6.45, 7) is 1.08. The Morgan fingerprint density at radius 3 is 2.31 bits per heavy atom. The standard InChI is InChI=1S/C13H20N2S/c1-2-8(1)11-7-14-13(16-11)15-12(9-3-4-9)10-5-6-10/h8-12H,1-7H2,(H,14,15). The van der Waals surface area contributed by atoms with E-state index in [1.165, 1.54) is 43.7 Å². The molecule has 88 valence electrons. The third-order valence-corrected chi connectivity index (χ3v) is 5.68. The zero-order valence-electron chi connectivity index (χ0n) is 9.69. The number of amidine groups is 1. The Kier molecular flexibility index (Phi) is 2.24. The lowest BCUT2D eigenvalue weighted by atomic mass is 10.1. The van der Waals surface area contributed by atoms with Gasteiger partial charge in [-0.1, -0.05) is 11.8 Å². The molecule has 3 aliphatic carbocycles. The van der Waals surface area contributed by atoms with Crippen LogP contribution in [-0.2, 0) is 0 Å². The van der Waals surface area contributed by atoms with Gasteiger partial charge in [-0.3, -0.25) is 4.99 Å². The molecule has 4 rings (SSSR count). The van der Waals surface area contributed by atoms with Gasteiger partial charge in [-0.15, -0.1) is 0 Å². The van der Waals surface area contributed by atoms with Crippen LogP contribution in [0.3, 0.4) is 0 Å². The van der Waals surface area contributed by atoms with Gasteiger partial charge in [0.05, 0.1) is 6.54 Å². The van der Waals surface area contributed by atoms with E-state index in [1.807, 2.05) is 11.8 Å². The maximum atomic E-state index is 4.71. The highest BCUT2D eigenvalue weighted by Crippen LogP contribution is 2.46. The molecule has 0 aromatic rings. The molecule has 0 aromatic carbocycles. The molecule has 1 heterocycles. The summed E-state index contributed by atoms with van der Waals surface area (Å²) in [5, 5.41) is 5.86. The van der Waals surface area contributed by atoms with Crippen LogP contribution in [-0.4, -0.2) is 23.0 Å². The zero-order chi connectivity index (χ0) is 10.5. The van der Waals surface area contributed by atoms with E-state index in [0.29, 0.717) is 0 Å². The predicted octanol–water partition coefficient (Wildman–Crippen LogP) is 2.65. The van der Waals surface area contributed by atoms with Gasteiger partial charge >= 0.3 is 0 Å². The normalized spacial score (nSPS) is 34.3. The van der Waals surface area contributed by atoms with Crippen molar-refractivity contribution in [3.8, 4) is 0 Å². The van der Waals surface area contributed by atoms with Crippen LogP contribution in [0, 0.1) is 17.8 Å². The van der Waals surface area contributed by atoms with Gasteiger partial charge in [0, 0.05) is 11.3 Å². The van der Waals surface area contributed by atoms with Gasteiger partial charge in [0.1, 0.15) is 0 Å². The minimum atomic E-state index is 0.782. The molecule has 3 saturated carbocycles. The molecular formula is C13H20N2S. The van der Waals surface area contributed by atoms with E-state index in [2.05, 4.69) is 5.32 Å². The molecule has 3 fully saturated rings. The summed E-state index contributed by atoms with van der Waals surface area (Å²) in [7, 11) is 0. The first-order chi connectivity index (χ1) is 7.90. The van der Waals surface area contributed by atoms with Gasteiger partial charge in [0.25, 0.3) is 0 Å². The molecule has 1 atom stereocenters. The molecule has 16 heavy (non-hydrogen) atoms. The highest BCUT2D eigenvalue weighted by Gasteiger charge is 2.43. The highest BCUT2D eigenvalue weighted by molar-refractivity contribution is 8.14. The Bertz CT molecular complexity index is 304. The molecule has 0 amide bonds. The molecule has 3 heteroatoms. The molecule has 1 N–H and O–H groups in total. The largest absolute Gasteiger partial charge is 0.362 e. The topological polar surface area (TPSA) is 24.4 Å². The lowest BCUT2D eigenvalue weighted by Gasteiger charge is -2.18. The van der Waals surface area contributed by atoms with Crippen LogP contribution in [0.15, 0.2) is 4.99 Å². The van der Waals surface area contributed by atoms with Crippen molar-refractivity contribution >= 4 is 16.9 Å². The van der Waals surface area contributed by atoms with Crippen LogP contribution in [0.2, 0.25) is 0 Å². The molecule has 0 radical (unpaired) electrons. The number of hydrogen-bond donors (Lipinski definition) is 1. The second kappa shape index (κ2) is 3.66. The van der Waals surface area contributed by atoms with Crippen LogP contribution in [0.4, 0.5) is 0 Å². The first kappa shape index (κ1) is 9.81. The Morgan fingerprint density at radius 1 is 1.06 bits per heavy atom. The Hall–Kier alpha value is -0.180. The maximum Gasteiger partial charge on any atom is 0.157 e. The number of nitrogens with zero attached hydrogens (tertiary/aromatic N) is 1. The fourth-order valence-corrected chi connectivity index (χ4v) is 4.11. The maximum absolute atomic E-state index is 4.71. The van der Waals surface area contributed by atoms with Gasteiger partial charge in [0.15, 0.2) is 5.17 Å². The summed E-state index contributed by atoms with van der Waals surface area (Å²) in [4.78, 5) is 4.71. The number of nitrogens with one attached hydrogen (secondary N) is 1. The number of aliphatic imine (C=N–C) groups is 1. The second-order valence-electron chi connectivity index (χ2n) is 5.98. The summed E-state index contributed by atoms with van der Waals surface area (Å²) < 4.78 is 0. The van der Waals surface area contributed by atoms with Gasteiger partial charge in [-0.25, -0.2) is 0 Å². The lowest BCUT2D eigenvalue weighted by molar-refractivity contribution is 0.485. The van der Waals surface area contributed by atoms with E-state index in [-0.39, 0.29) is 0 Å². The average molecular weight is 236 g/mol. The summed E-state index contributed by atoms with van der Waals surface area (Å²) in [6, 6.07) is 0.782. The smallest absolute Gasteiger partial charge is 0.157 e. The van der Waals surface area contributed by atoms with Crippen LogP contribution in [0.5, 0.6) is 0 Å². The van der Waals surface area contributed by atoms with E-state index in [9.17, 15) is 0 Å². The minimum Gasteiger partial charge on any atom is -0.362 e. The number of thioether (sulfide) groups is 1. The molecule has 0 spiro atoms. The highest BCUT2D eigenvalue weighted by atomic mass is 32.2. The SMILES string of the molecule is C1CC1C1CN=C(NC(C2CC2)C2CC2)S1. The van der Waals surface area contributed by atoms with Crippen molar-refractivity contribution in [2.45, 2.75) is 49.8 Å². The molecule has 1 unspecified atom stereocenters. The lowest BCUT2D eigenvalue weighted by Crippen LogP contribution is -2.36. The molecule has 0 saturated heterocycles. The van der Waals surface area contributed by atoms with E-state index in [4.69, 9.17) is 4.99 Å². The fraction of sp³-hybridized carbons (Fsp3) is 0.923. The molecule has 0 bridgehead atoms. The average Bonchev–Trinajstić information content (AvgIpc) is 3.08. The molecule has 1 aliphatic heterocycles. The Morgan fingerprint density at radius 2 is 1.75 bits per heavy atom. The van der Waals surface area contributed by atoms with Crippen molar-refractivity contribution in [1.82, 2.24) is 5.32 Å². The van der Waals surface area contributed by atoms with Gasteiger partial charge in [-0.05, 0) is 56.3 Å². The molecule has 4 aliphatic rings. The summed E-state index contributed by atoms with van der Waals surface area (Å²) in [6.07, 6.45) is 8.73. The van der Waals surface area contributed by atoms with Crippen molar-refractivity contribution in [2.75, 3.05) is 6.54 Å². The molecule has 2 nitrogen and oxygen atoms in total. The fourth-order valence-electron chi connectivity index (χ4n) is 2.86. The van der Waals surface area contributed by atoms with Crippen LogP contribution in [0.1, 0.15) is 38.5 Å². The Labute approximate surface area is 102 Å². The summed E-state index contributed by atoms with van der Waals surface area (Å²) in [5.41, 5.74) is 0. The minimum absolute atomic E-state index is 0.782. The number of rotatable bonds is 4. The monoisotopic (exact) mass is 236 g/mol. The van der Waals surface area contributed by atoms with E-state index in [0.717, 1.165) is 35.6 Å². The van der Waals surface area contributed by atoms with Crippen molar-refractivity contribution in [3.63, 3.8) is 0 Å². The summed E-state index contributed by atoms with van der Waals surface area (Å²) >= 11 is 2.04. The Balaban J connectivity index is 1.35. The van der Waals surface area contributed by atoms with Crippen molar-refractivity contribution in [3.05, 3.63) is 0 Å². The first-order valence-corrected chi connectivity index (χ1v) is 7.76. The summed E-state index contributed by atoms with van der Waals surface area (Å²) in [5.74, 6) is 2.96. The van der Waals surface area contributed by atoms with Gasteiger partial charge in [-0.2, -0.15) is 0 Å². The zero-order valence-corrected chi connectivity index (χ0v) is 10.5. The van der Waals surface area contributed by atoms with E-state index in [1.54, 1.807) is 0 Å². The quantitative estimate of drug-likeness (QED) is 0.811. The van der Waals surface area contributed by atoms with Crippen molar-refractivity contribution < 1.29 is 0 Å². The number of hydrogen-bond acceptors (Lipinski definition) is 3. The van der Waals surface area contributed by atoms with Gasteiger partial charge < -0.3 is 5.32 Å². The van der Waals surface area contributed by atoms with Crippen molar-refractivity contribution in [2.24, 2.45) is 22.7 Å². The first-order valence-electron chi connectivity index (χ1n) is 6.88. The van der Waals surface area contributed by atoms with Gasteiger partial charge in [0.2, 0.25) is 0 Å². The second-order valence-corrected chi connectivity index (χ2v) is 7.21. The molecular weight excluding hydrogens is 216 g/mol.